The van der Waals surface area contributed by atoms with Gasteiger partial charge < -0.3 is 51.2 Å². The van der Waals surface area contributed by atoms with Crippen LogP contribution in [0.25, 0.3) is 0 Å². The number of rotatable bonds is 28. The molecule has 0 aliphatic rings. The summed E-state index contributed by atoms with van der Waals surface area (Å²) < 4.78 is 70.2. The molecule has 0 rings (SSSR count). The lowest BCUT2D eigenvalue weighted by molar-refractivity contribution is 0.124. The molecule has 330 valence electrons. The molecule has 0 spiro atoms. The van der Waals surface area contributed by atoms with Gasteiger partial charge in [-0.1, -0.05) is 26.7 Å². The van der Waals surface area contributed by atoms with E-state index in [2.05, 4.69) is 112 Å². The first kappa shape index (κ1) is 60.2. The molecule has 0 amide bonds. The molecule has 23 heteroatoms. The maximum Gasteiger partial charge on any atom is 0.500 e. The summed E-state index contributed by atoms with van der Waals surface area (Å²) in [6, 6.07) is 5.73. The average molecular weight is 964 g/mol. The van der Waals surface area contributed by atoms with Gasteiger partial charge in [0.25, 0.3) is 18.6 Å². The molecule has 0 heterocycles. The predicted molar refractivity (Wildman–Crippen MR) is 256 cm³/mol. The van der Waals surface area contributed by atoms with Crippen LogP contribution in [0.2, 0.25) is 134 Å². The quantitative estimate of drug-likeness (QED) is 0.0710. The topological polar surface area (TPSA) is 111 Å². The minimum atomic E-state index is -2.57. The summed E-state index contributed by atoms with van der Waals surface area (Å²) in [7, 11) is -7.95. The van der Waals surface area contributed by atoms with Crippen LogP contribution in [0, 0.1) is 0 Å². The van der Waals surface area contributed by atoms with Crippen molar-refractivity contribution in [3.8, 4) is 0 Å². The second kappa shape index (κ2) is 30.0. The van der Waals surface area contributed by atoms with Gasteiger partial charge in [0.15, 0.2) is 52.1 Å². The zero-order valence-corrected chi connectivity index (χ0v) is 51.2. The maximum absolute atomic E-state index is 6.65. The van der Waals surface area contributed by atoms with Gasteiger partial charge in [-0.2, -0.15) is 0 Å². The highest BCUT2D eigenvalue weighted by molar-refractivity contribution is 6.86. The van der Waals surface area contributed by atoms with E-state index in [-0.39, 0.29) is 0 Å². The van der Waals surface area contributed by atoms with Gasteiger partial charge in [-0.3, -0.25) is 0 Å². The molecular weight excluding hydrogens is 873 g/mol. The van der Waals surface area contributed by atoms with Crippen LogP contribution >= 0.6 is 0 Å². The summed E-state index contributed by atoms with van der Waals surface area (Å²) in [6.45, 7) is 37.7. The Morgan fingerprint density at radius 1 is 0.370 bits per heavy atom. The van der Waals surface area contributed by atoms with Gasteiger partial charge in [0.05, 0.1) is 0 Å². The molecule has 0 saturated carbocycles. The van der Waals surface area contributed by atoms with Crippen LogP contribution in [0.15, 0.2) is 0 Å². The molecule has 0 saturated heterocycles. The molecule has 0 fully saturated rings. The lowest BCUT2D eigenvalue weighted by Gasteiger charge is -2.38. The Labute approximate surface area is 349 Å². The number of hydrogen-bond acceptors (Lipinski definition) is 12. The van der Waals surface area contributed by atoms with Crippen LogP contribution in [-0.2, 0) is 51.2 Å². The van der Waals surface area contributed by atoms with Crippen molar-refractivity contribution in [3.63, 3.8) is 0 Å². The highest BCUT2D eigenvalue weighted by Crippen LogP contribution is 2.29. The molecule has 0 aliphatic carbocycles. The molecule has 0 radical (unpaired) electrons. The monoisotopic (exact) mass is 962 g/mol. The maximum atomic E-state index is 6.65. The van der Waals surface area contributed by atoms with E-state index >= 15 is 0 Å². The average Bonchev–Trinajstić information content (AvgIpc) is 3.01. The van der Waals surface area contributed by atoms with E-state index in [9.17, 15) is 0 Å². The fourth-order valence-corrected chi connectivity index (χ4v) is 43.9. The fourth-order valence-electron chi connectivity index (χ4n) is 6.26. The summed E-state index contributed by atoms with van der Waals surface area (Å²) in [5.74, 6) is 0. The van der Waals surface area contributed by atoms with Crippen molar-refractivity contribution in [3.05, 3.63) is 0 Å². The van der Waals surface area contributed by atoms with E-state index in [0.29, 0.717) is 0 Å². The van der Waals surface area contributed by atoms with Crippen LogP contribution < -0.4 is 0 Å². The van der Waals surface area contributed by atoms with Gasteiger partial charge in [-0.25, -0.2) is 0 Å². The zero-order chi connectivity index (χ0) is 43.0. The molecule has 0 aliphatic heterocycles. The predicted octanol–water partition coefficient (Wildman–Crippen LogP) is 7.97. The summed E-state index contributed by atoms with van der Waals surface area (Å²) >= 11 is 0. The third-order valence-electron chi connectivity index (χ3n) is 8.36. The van der Waals surface area contributed by atoms with Crippen molar-refractivity contribution in [2.75, 3.05) is 42.7 Å². The third-order valence-corrected chi connectivity index (χ3v) is 43.8. The Morgan fingerprint density at radius 2 is 0.704 bits per heavy atom. The zero-order valence-electron chi connectivity index (χ0n) is 39.4. The molecule has 0 aromatic rings. The van der Waals surface area contributed by atoms with Crippen molar-refractivity contribution in [1.29, 1.82) is 0 Å². The summed E-state index contributed by atoms with van der Waals surface area (Å²) in [5.41, 5.74) is 0. The van der Waals surface area contributed by atoms with Crippen molar-refractivity contribution in [2.45, 2.75) is 161 Å². The van der Waals surface area contributed by atoms with Gasteiger partial charge >= 0.3 is 26.2 Å². The minimum Gasteiger partial charge on any atom is -0.442 e. The third kappa shape index (κ3) is 30.0. The van der Waals surface area contributed by atoms with E-state index < -0.39 is 96.8 Å². The van der Waals surface area contributed by atoms with Crippen LogP contribution in [0.1, 0.15) is 26.7 Å². The van der Waals surface area contributed by atoms with Gasteiger partial charge in [0.1, 0.15) is 0 Å². The fraction of sp³-hybridized carbons (Fsp3) is 1.00. The summed E-state index contributed by atoms with van der Waals surface area (Å²) in [5, 5.41) is 0. The van der Waals surface area contributed by atoms with Crippen molar-refractivity contribution >= 4 is 96.8 Å². The Balaban J connectivity index is -0.000000774. The smallest absolute Gasteiger partial charge is 0.442 e. The van der Waals surface area contributed by atoms with E-state index in [1.54, 1.807) is 42.7 Å². The van der Waals surface area contributed by atoms with E-state index in [1.165, 1.54) is 18.5 Å². The Morgan fingerprint density at radius 3 is 1.02 bits per heavy atom. The largest absolute Gasteiger partial charge is 0.500 e. The Hall–Kier alpha value is 1.91. The van der Waals surface area contributed by atoms with Gasteiger partial charge in [-0.05, 0) is 122 Å². The molecule has 2 unspecified atom stereocenters. The van der Waals surface area contributed by atoms with E-state index in [1.807, 2.05) is 0 Å². The van der Waals surface area contributed by atoms with Crippen molar-refractivity contribution in [1.82, 2.24) is 0 Å². The highest BCUT2D eigenvalue weighted by Gasteiger charge is 2.45. The van der Waals surface area contributed by atoms with Gasteiger partial charge in [-0.15, -0.1) is 0 Å². The van der Waals surface area contributed by atoms with E-state index in [0.717, 1.165) is 30.6 Å². The van der Waals surface area contributed by atoms with Crippen molar-refractivity contribution < 1.29 is 51.2 Å². The lowest BCUT2D eigenvalue weighted by Crippen LogP contribution is -2.53. The second-order valence-corrected chi connectivity index (χ2v) is 51.9. The molecule has 0 aromatic carbocycles. The van der Waals surface area contributed by atoms with Crippen LogP contribution in [0.4, 0.5) is 0 Å². The molecule has 12 nitrogen and oxygen atoms in total. The van der Waals surface area contributed by atoms with Gasteiger partial charge in [0, 0.05) is 54.7 Å². The Bertz CT molecular complexity index is 893. The lowest BCUT2D eigenvalue weighted by atomic mass is 10.6. The van der Waals surface area contributed by atoms with Crippen molar-refractivity contribution in [2.24, 2.45) is 0 Å². The molecule has 2 atom stereocenters. The highest BCUT2D eigenvalue weighted by atomic mass is 28.5. The standard InChI is InChI=1S/2C13H36O5Si4.C5H18O2Si3/c1-10-11-20(6,7)17-19(5)18-21(8,9)12-13-22(14-2,15-3)16-4;1-10-11-20(7,8)18-21(9,17-19(5)6)12-13-22(14-2,15-3)16-4;1-8(2)6-10(5)7-9(3)4/h2*19H,10-13H2,1-9H3;8-10H,1-5H3. The Kier molecular flexibility index (Phi) is 33.5. The first-order valence-corrected chi connectivity index (χ1v) is 48.3. The second-order valence-electron chi connectivity index (χ2n) is 16.5. The van der Waals surface area contributed by atoms with E-state index in [4.69, 9.17) is 51.2 Å². The van der Waals surface area contributed by atoms with Crippen LogP contribution in [0.3, 0.4) is 0 Å². The normalized spacial score (nSPS) is 14.9. The summed E-state index contributed by atoms with van der Waals surface area (Å²) in [4.78, 5) is 0. The molecule has 0 aromatic heterocycles. The minimum absolute atomic E-state index is 0.747. The number of hydrogen-bond donors (Lipinski definition) is 0. The molecular formula is C31H90O12Si11. The van der Waals surface area contributed by atoms with Crippen LogP contribution in [0.5, 0.6) is 0 Å². The molecule has 0 bridgehead atoms. The first-order valence-electron chi connectivity index (χ1n) is 20.0. The SMILES string of the molecule is CCC[Si](C)(C)O[SiH](C)O[Si](C)(C)CC[Si](OC)(OC)OC.CCC[Si](C)(C)O[Si](C)(CC[Si](OC)(OC)OC)O[SiH](C)C.C[SiH](C)O[SiH](C)O[SiH](C)C. The molecule has 0 N–H and O–H groups in total. The summed E-state index contributed by atoms with van der Waals surface area (Å²) in [6.07, 6.45) is 2.35. The van der Waals surface area contributed by atoms with Gasteiger partial charge in [0.2, 0.25) is 0 Å². The van der Waals surface area contributed by atoms with Crippen LogP contribution in [-0.4, -0.2) is 139 Å². The first-order chi connectivity index (χ1) is 24.6. The molecule has 54 heavy (non-hydrogen) atoms.